The van der Waals surface area contributed by atoms with Crippen LogP contribution in [0.25, 0.3) is 0 Å². The van der Waals surface area contributed by atoms with E-state index in [2.05, 4.69) is 0 Å². The highest BCUT2D eigenvalue weighted by Gasteiger charge is 2.14. The number of halogens is 1. The van der Waals surface area contributed by atoms with Crippen LogP contribution < -0.4 is 4.74 Å². The van der Waals surface area contributed by atoms with Crippen molar-refractivity contribution in [2.24, 2.45) is 0 Å². The number of hydrogen-bond donors (Lipinski definition) is 1. The molecule has 80 valence electrons. The molecule has 0 amide bonds. The van der Waals surface area contributed by atoms with Gasteiger partial charge >= 0.3 is 11.9 Å². The van der Waals surface area contributed by atoms with Gasteiger partial charge in [0, 0.05) is 6.42 Å². The van der Waals surface area contributed by atoms with Crippen molar-refractivity contribution in [2.45, 2.75) is 13.3 Å². The van der Waals surface area contributed by atoms with Gasteiger partial charge in [-0.1, -0.05) is 24.6 Å². The zero-order valence-corrected chi connectivity index (χ0v) is 8.75. The van der Waals surface area contributed by atoms with E-state index in [9.17, 15) is 9.59 Å². The first-order valence-corrected chi connectivity index (χ1v) is 4.66. The summed E-state index contributed by atoms with van der Waals surface area (Å²) in [7, 11) is 0. The van der Waals surface area contributed by atoms with Gasteiger partial charge in [-0.2, -0.15) is 0 Å². The molecule has 1 aromatic rings. The molecular weight excluding hydrogens is 220 g/mol. The molecule has 0 aromatic heterocycles. The van der Waals surface area contributed by atoms with Gasteiger partial charge in [-0.25, -0.2) is 4.79 Å². The molecule has 1 N–H and O–H groups in total. The highest BCUT2D eigenvalue weighted by molar-refractivity contribution is 6.35. The molecule has 1 aromatic carbocycles. The molecule has 4 nitrogen and oxygen atoms in total. The summed E-state index contributed by atoms with van der Waals surface area (Å²) in [5, 5.41) is 8.69. The summed E-state index contributed by atoms with van der Waals surface area (Å²) in [6, 6.07) is 4.25. The topological polar surface area (TPSA) is 63.6 Å². The number of aromatic carboxylic acids is 1. The minimum absolute atomic E-state index is 0.0631. The van der Waals surface area contributed by atoms with Gasteiger partial charge in [0.2, 0.25) is 0 Å². The lowest BCUT2D eigenvalue weighted by Gasteiger charge is -2.06. The number of hydrogen-bond acceptors (Lipinski definition) is 3. The Morgan fingerprint density at radius 2 is 2.13 bits per heavy atom. The summed E-state index contributed by atoms with van der Waals surface area (Å²) in [6.07, 6.45) is 0.202. The Hall–Kier alpha value is -1.55. The maximum absolute atomic E-state index is 11.0. The molecule has 0 radical (unpaired) electrons. The normalized spacial score (nSPS) is 9.73. The molecule has 0 aliphatic heterocycles. The van der Waals surface area contributed by atoms with Crippen LogP contribution in [-0.4, -0.2) is 17.0 Å². The fourth-order valence-corrected chi connectivity index (χ4v) is 1.19. The van der Waals surface area contributed by atoms with Crippen molar-refractivity contribution in [3.8, 4) is 5.75 Å². The van der Waals surface area contributed by atoms with Gasteiger partial charge in [0.1, 0.15) is 5.75 Å². The highest BCUT2D eigenvalue weighted by Crippen LogP contribution is 2.28. The number of benzene rings is 1. The molecule has 0 unspecified atom stereocenters. The average molecular weight is 229 g/mol. The van der Waals surface area contributed by atoms with Crippen molar-refractivity contribution in [3.05, 3.63) is 28.8 Å². The molecular formula is C10H9ClO4. The lowest BCUT2D eigenvalue weighted by atomic mass is 10.2. The second kappa shape index (κ2) is 4.79. The minimum atomic E-state index is -1.16. The van der Waals surface area contributed by atoms with Gasteiger partial charge in [0.05, 0.1) is 10.6 Å². The van der Waals surface area contributed by atoms with Crippen molar-refractivity contribution in [1.82, 2.24) is 0 Å². The minimum Gasteiger partial charge on any atom is -0.478 e. The maximum Gasteiger partial charge on any atom is 0.337 e. The first-order valence-electron chi connectivity index (χ1n) is 4.28. The van der Waals surface area contributed by atoms with Gasteiger partial charge in [-0.3, -0.25) is 4.79 Å². The lowest BCUT2D eigenvalue weighted by Crippen LogP contribution is -2.07. The van der Waals surface area contributed by atoms with Crippen molar-refractivity contribution >= 4 is 23.5 Å². The van der Waals surface area contributed by atoms with Crippen LogP contribution >= 0.6 is 11.6 Å². The van der Waals surface area contributed by atoms with Crippen LogP contribution in [-0.2, 0) is 4.79 Å². The van der Waals surface area contributed by atoms with Gasteiger partial charge in [-0.05, 0) is 12.1 Å². The predicted octanol–water partition coefficient (Wildman–Crippen LogP) is 2.35. The number of carboxylic acid groups (broad SMARTS) is 1. The van der Waals surface area contributed by atoms with Crippen LogP contribution in [0.4, 0.5) is 0 Å². The van der Waals surface area contributed by atoms with Crippen molar-refractivity contribution in [2.75, 3.05) is 0 Å². The van der Waals surface area contributed by atoms with E-state index in [0.29, 0.717) is 0 Å². The number of ether oxygens (including phenoxy) is 1. The second-order valence-corrected chi connectivity index (χ2v) is 3.13. The molecule has 0 aliphatic carbocycles. The van der Waals surface area contributed by atoms with Crippen LogP contribution in [0.5, 0.6) is 5.75 Å². The zero-order valence-electron chi connectivity index (χ0n) is 7.99. The summed E-state index contributed by atoms with van der Waals surface area (Å²) < 4.78 is 4.85. The van der Waals surface area contributed by atoms with E-state index in [1.165, 1.54) is 18.2 Å². The smallest absolute Gasteiger partial charge is 0.337 e. The number of carboxylic acids is 1. The monoisotopic (exact) mass is 228 g/mol. The average Bonchev–Trinajstić information content (AvgIpc) is 2.20. The van der Waals surface area contributed by atoms with E-state index < -0.39 is 11.9 Å². The molecule has 5 heteroatoms. The van der Waals surface area contributed by atoms with E-state index in [4.69, 9.17) is 21.4 Å². The van der Waals surface area contributed by atoms with Crippen molar-refractivity contribution < 1.29 is 19.4 Å². The van der Waals surface area contributed by atoms with Gasteiger partial charge in [0.15, 0.2) is 0 Å². The van der Waals surface area contributed by atoms with Crippen LogP contribution in [0.1, 0.15) is 23.7 Å². The molecule has 0 aliphatic rings. The molecule has 0 bridgehead atoms. The Labute approximate surface area is 91.4 Å². The summed E-state index contributed by atoms with van der Waals surface area (Å²) in [6.45, 7) is 1.64. The summed E-state index contributed by atoms with van der Waals surface area (Å²) >= 11 is 5.75. The molecule has 0 atom stereocenters. The van der Waals surface area contributed by atoms with Crippen molar-refractivity contribution in [1.29, 1.82) is 0 Å². The first-order chi connectivity index (χ1) is 7.06. The second-order valence-electron chi connectivity index (χ2n) is 2.75. The fourth-order valence-electron chi connectivity index (χ4n) is 0.950. The van der Waals surface area contributed by atoms with E-state index >= 15 is 0 Å². The van der Waals surface area contributed by atoms with Gasteiger partial charge < -0.3 is 9.84 Å². The fraction of sp³-hybridized carbons (Fsp3) is 0.200. The molecule has 15 heavy (non-hydrogen) atoms. The summed E-state index contributed by atoms with van der Waals surface area (Å²) in [4.78, 5) is 21.7. The SMILES string of the molecule is CCC(=O)Oc1cccc(C(=O)O)c1Cl. The zero-order chi connectivity index (χ0) is 11.4. The van der Waals surface area contributed by atoms with E-state index in [1.54, 1.807) is 6.92 Å². The molecule has 0 saturated heterocycles. The number of esters is 1. The highest BCUT2D eigenvalue weighted by atomic mass is 35.5. The van der Waals surface area contributed by atoms with E-state index in [0.717, 1.165) is 0 Å². The third-order valence-corrected chi connectivity index (χ3v) is 2.10. The van der Waals surface area contributed by atoms with Crippen LogP contribution in [0.3, 0.4) is 0 Å². The summed E-state index contributed by atoms with van der Waals surface area (Å²) in [5.74, 6) is -1.54. The van der Waals surface area contributed by atoms with Crippen LogP contribution in [0, 0.1) is 0 Å². The number of carbonyl (C=O) groups is 2. The first kappa shape index (κ1) is 11.5. The van der Waals surface area contributed by atoms with Crippen molar-refractivity contribution in [3.63, 3.8) is 0 Å². The molecule has 0 fully saturated rings. The number of rotatable bonds is 3. The largest absolute Gasteiger partial charge is 0.478 e. The number of carbonyl (C=O) groups excluding carboxylic acids is 1. The standard InChI is InChI=1S/C10H9ClO4/c1-2-8(12)15-7-5-3-4-6(9(7)11)10(13)14/h3-5H,2H2,1H3,(H,13,14). The Balaban J connectivity index is 3.04. The lowest BCUT2D eigenvalue weighted by molar-refractivity contribution is -0.134. The predicted molar refractivity (Wildman–Crippen MR) is 54.3 cm³/mol. The van der Waals surface area contributed by atoms with E-state index in [1.807, 2.05) is 0 Å². The Kier molecular flexibility index (Phi) is 3.68. The third-order valence-electron chi connectivity index (χ3n) is 1.71. The van der Waals surface area contributed by atoms with Crippen LogP contribution in [0.2, 0.25) is 5.02 Å². The van der Waals surface area contributed by atoms with Gasteiger partial charge in [-0.15, -0.1) is 0 Å². The molecule has 0 heterocycles. The van der Waals surface area contributed by atoms with Gasteiger partial charge in [0.25, 0.3) is 0 Å². The third kappa shape index (κ3) is 2.70. The Morgan fingerprint density at radius 3 is 2.67 bits per heavy atom. The summed E-state index contributed by atoms with van der Waals surface area (Å²) in [5.41, 5.74) is -0.0851. The van der Waals surface area contributed by atoms with Crippen LogP contribution in [0.15, 0.2) is 18.2 Å². The Bertz CT molecular complexity index is 400. The molecule has 1 rings (SSSR count). The van der Waals surface area contributed by atoms with E-state index in [-0.39, 0.29) is 22.8 Å². The quantitative estimate of drug-likeness (QED) is 0.637. The molecule has 0 saturated carbocycles. The maximum atomic E-state index is 11.0. The molecule has 0 spiro atoms. The Morgan fingerprint density at radius 1 is 1.47 bits per heavy atom.